The highest BCUT2D eigenvalue weighted by Gasteiger charge is 2.17. The second-order valence-corrected chi connectivity index (χ2v) is 3.63. The molecule has 1 aliphatic rings. The van der Waals surface area contributed by atoms with Crippen LogP contribution in [0.1, 0.15) is 33.6 Å². The van der Waals surface area contributed by atoms with Crippen LogP contribution < -0.4 is 11.1 Å². The van der Waals surface area contributed by atoms with E-state index in [1.165, 1.54) is 39.0 Å². The zero-order valence-corrected chi connectivity index (χ0v) is 10.1. The highest BCUT2D eigenvalue weighted by atomic mass is 15.2. The molecular weight excluding hydrogens is 174 g/mol. The molecule has 0 unspecified atom stereocenters. The molecule has 1 heterocycles. The third kappa shape index (κ3) is 5.58. The molecule has 0 aliphatic carbocycles. The summed E-state index contributed by atoms with van der Waals surface area (Å²) in [5.41, 5.74) is 4.85. The lowest BCUT2D eigenvalue weighted by atomic mass is 10.1. The van der Waals surface area contributed by atoms with Crippen LogP contribution in [0.4, 0.5) is 0 Å². The van der Waals surface area contributed by atoms with Crippen LogP contribution >= 0.6 is 0 Å². The number of likely N-dealkylation sites (N-methyl/N-ethyl adjacent to an activating group) is 1. The molecule has 14 heavy (non-hydrogen) atoms. The van der Waals surface area contributed by atoms with Crippen LogP contribution in [0.2, 0.25) is 0 Å². The summed E-state index contributed by atoms with van der Waals surface area (Å²) in [5.74, 6) is 0. The molecule has 3 N–H and O–H groups in total. The van der Waals surface area contributed by atoms with E-state index in [4.69, 9.17) is 5.73 Å². The van der Waals surface area contributed by atoms with Gasteiger partial charge in [0.1, 0.15) is 0 Å². The van der Waals surface area contributed by atoms with Crippen molar-refractivity contribution in [3.63, 3.8) is 0 Å². The summed E-state index contributed by atoms with van der Waals surface area (Å²) in [6.07, 6.45) is 2.73. The van der Waals surface area contributed by atoms with Gasteiger partial charge in [0, 0.05) is 12.6 Å². The monoisotopic (exact) mass is 201 g/mol. The lowest BCUT2D eigenvalue weighted by Crippen LogP contribution is -2.45. The van der Waals surface area contributed by atoms with Crippen molar-refractivity contribution in [2.75, 3.05) is 32.7 Å². The molecular formula is C11H27N3. The Labute approximate surface area is 89.0 Å². The van der Waals surface area contributed by atoms with Crippen molar-refractivity contribution in [2.45, 2.75) is 39.7 Å². The second kappa shape index (κ2) is 9.44. The number of nitrogens with zero attached hydrogens (tertiary/aromatic N) is 1. The summed E-state index contributed by atoms with van der Waals surface area (Å²) in [6, 6.07) is 0.804. The zero-order valence-electron chi connectivity index (χ0n) is 10.1. The van der Waals surface area contributed by atoms with Crippen LogP contribution in [0.3, 0.4) is 0 Å². The van der Waals surface area contributed by atoms with Crippen molar-refractivity contribution in [1.29, 1.82) is 0 Å². The quantitative estimate of drug-likeness (QED) is 0.717. The van der Waals surface area contributed by atoms with Gasteiger partial charge >= 0.3 is 0 Å². The summed E-state index contributed by atoms with van der Waals surface area (Å²) in [5, 5.41) is 3.44. The third-order valence-corrected chi connectivity index (χ3v) is 2.60. The average Bonchev–Trinajstić information content (AvgIpc) is 2.22. The maximum atomic E-state index is 4.85. The summed E-state index contributed by atoms with van der Waals surface area (Å²) in [7, 11) is 0. The fraction of sp³-hybridized carbons (Fsp3) is 1.00. The summed E-state index contributed by atoms with van der Waals surface area (Å²) in [6.45, 7) is 12.0. The van der Waals surface area contributed by atoms with E-state index in [1.807, 2.05) is 6.92 Å². The first-order valence-electron chi connectivity index (χ1n) is 5.94. The van der Waals surface area contributed by atoms with Gasteiger partial charge in [-0.25, -0.2) is 0 Å². The van der Waals surface area contributed by atoms with Crippen LogP contribution in [0, 0.1) is 0 Å². The second-order valence-electron chi connectivity index (χ2n) is 3.63. The maximum absolute atomic E-state index is 4.85. The first-order valence-corrected chi connectivity index (χ1v) is 5.94. The van der Waals surface area contributed by atoms with E-state index >= 15 is 0 Å². The van der Waals surface area contributed by atoms with Crippen molar-refractivity contribution in [3.8, 4) is 0 Å². The minimum absolute atomic E-state index is 0.750. The first kappa shape index (κ1) is 13.9. The molecule has 1 rings (SSSR count). The summed E-state index contributed by atoms with van der Waals surface area (Å²) < 4.78 is 0. The summed E-state index contributed by atoms with van der Waals surface area (Å²) in [4.78, 5) is 2.55. The molecule has 0 saturated carbocycles. The molecule has 1 saturated heterocycles. The van der Waals surface area contributed by atoms with Gasteiger partial charge in [0.2, 0.25) is 0 Å². The molecule has 3 heteroatoms. The smallest absolute Gasteiger partial charge is 0.0220 e. The maximum Gasteiger partial charge on any atom is 0.0220 e. The number of hydrogen-bond acceptors (Lipinski definition) is 3. The summed E-state index contributed by atoms with van der Waals surface area (Å²) >= 11 is 0. The highest BCUT2D eigenvalue weighted by molar-refractivity contribution is 4.76. The first-order chi connectivity index (χ1) is 6.79. The molecule has 86 valence electrons. The Hall–Kier alpha value is -0.120. The Morgan fingerprint density at radius 3 is 2.21 bits per heavy atom. The van der Waals surface area contributed by atoms with Gasteiger partial charge in [-0.2, -0.15) is 0 Å². The number of piperidine rings is 1. The molecule has 0 spiro atoms. The van der Waals surface area contributed by atoms with Crippen LogP contribution in [0.15, 0.2) is 0 Å². The Morgan fingerprint density at radius 1 is 1.29 bits per heavy atom. The molecule has 0 bridgehead atoms. The van der Waals surface area contributed by atoms with E-state index in [0.29, 0.717) is 0 Å². The average molecular weight is 201 g/mol. The SMILES string of the molecule is CCN.CCN(CC)[C@@H]1CCCNC1. The molecule has 0 radical (unpaired) electrons. The molecule has 0 aromatic rings. The normalized spacial score (nSPS) is 21.6. The number of nitrogens with two attached hydrogens (primary N) is 1. The van der Waals surface area contributed by atoms with Crippen molar-refractivity contribution >= 4 is 0 Å². The standard InChI is InChI=1S/C9H20N2.C2H7N/c1-3-11(4-2)9-6-5-7-10-8-9;1-2-3/h9-10H,3-8H2,1-2H3;2-3H2,1H3/t9-;/m1./s1. The Kier molecular flexibility index (Phi) is 9.35. The van der Waals surface area contributed by atoms with Crippen molar-refractivity contribution in [2.24, 2.45) is 5.73 Å². The fourth-order valence-corrected chi connectivity index (χ4v) is 1.89. The van der Waals surface area contributed by atoms with Gasteiger partial charge in [-0.05, 0) is 39.0 Å². The molecule has 1 aliphatic heterocycles. The van der Waals surface area contributed by atoms with E-state index in [-0.39, 0.29) is 0 Å². The molecule has 0 aromatic carbocycles. The minimum atomic E-state index is 0.750. The molecule has 1 fully saturated rings. The third-order valence-electron chi connectivity index (χ3n) is 2.60. The lowest BCUT2D eigenvalue weighted by Gasteiger charge is -2.32. The van der Waals surface area contributed by atoms with E-state index in [0.717, 1.165) is 12.6 Å². The molecule has 1 atom stereocenters. The van der Waals surface area contributed by atoms with Crippen molar-refractivity contribution in [3.05, 3.63) is 0 Å². The van der Waals surface area contributed by atoms with E-state index < -0.39 is 0 Å². The van der Waals surface area contributed by atoms with E-state index in [1.54, 1.807) is 0 Å². The van der Waals surface area contributed by atoms with Crippen molar-refractivity contribution in [1.82, 2.24) is 10.2 Å². The van der Waals surface area contributed by atoms with Crippen molar-refractivity contribution < 1.29 is 0 Å². The number of rotatable bonds is 3. The minimum Gasteiger partial charge on any atom is -0.331 e. The molecule has 3 nitrogen and oxygen atoms in total. The zero-order chi connectivity index (χ0) is 10.8. The van der Waals surface area contributed by atoms with Gasteiger partial charge in [0.15, 0.2) is 0 Å². The fourth-order valence-electron chi connectivity index (χ4n) is 1.89. The van der Waals surface area contributed by atoms with Gasteiger partial charge in [0.25, 0.3) is 0 Å². The Morgan fingerprint density at radius 2 is 1.86 bits per heavy atom. The predicted octanol–water partition coefficient (Wildman–Crippen LogP) is 1.05. The lowest BCUT2D eigenvalue weighted by molar-refractivity contribution is 0.182. The van der Waals surface area contributed by atoms with Crippen LogP contribution in [0.25, 0.3) is 0 Å². The highest BCUT2D eigenvalue weighted by Crippen LogP contribution is 2.08. The van der Waals surface area contributed by atoms with Crippen LogP contribution in [0.5, 0.6) is 0 Å². The van der Waals surface area contributed by atoms with Gasteiger partial charge in [-0.1, -0.05) is 20.8 Å². The Bertz CT molecular complexity index is 107. The van der Waals surface area contributed by atoms with Gasteiger partial charge in [-0.3, -0.25) is 4.90 Å². The van der Waals surface area contributed by atoms with Gasteiger partial charge in [0.05, 0.1) is 0 Å². The van der Waals surface area contributed by atoms with Gasteiger partial charge in [-0.15, -0.1) is 0 Å². The number of hydrogen-bond donors (Lipinski definition) is 2. The van der Waals surface area contributed by atoms with E-state index in [2.05, 4.69) is 24.1 Å². The molecule has 0 amide bonds. The predicted molar refractivity (Wildman–Crippen MR) is 63.5 cm³/mol. The van der Waals surface area contributed by atoms with Crippen LogP contribution in [-0.2, 0) is 0 Å². The number of nitrogens with one attached hydrogen (secondary N) is 1. The van der Waals surface area contributed by atoms with Gasteiger partial charge < -0.3 is 11.1 Å². The Balaban J connectivity index is 0.000000500. The topological polar surface area (TPSA) is 41.3 Å². The van der Waals surface area contributed by atoms with Crippen LogP contribution in [-0.4, -0.2) is 43.7 Å². The largest absolute Gasteiger partial charge is 0.331 e. The molecule has 0 aromatic heterocycles. The van der Waals surface area contributed by atoms with E-state index in [9.17, 15) is 0 Å².